The van der Waals surface area contributed by atoms with E-state index in [0.29, 0.717) is 5.88 Å². The fourth-order valence-electron chi connectivity index (χ4n) is 1.64. The molecule has 0 saturated carbocycles. The number of halogens is 2. The van der Waals surface area contributed by atoms with Gasteiger partial charge in [0.2, 0.25) is 0 Å². The van der Waals surface area contributed by atoms with Crippen LogP contribution >= 0.6 is 34.2 Å². The highest BCUT2D eigenvalue weighted by atomic mass is 127. The van der Waals surface area contributed by atoms with Gasteiger partial charge in [-0.25, -0.2) is 0 Å². The number of rotatable bonds is 5. The maximum atomic E-state index is 12.3. The first-order chi connectivity index (χ1) is 8.11. The van der Waals surface area contributed by atoms with Crippen molar-refractivity contribution in [3.63, 3.8) is 0 Å². The topological polar surface area (TPSA) is 20.3 Å². The highest BCUT2D eigenvalue weighted by Gasteiger charge is 2.16. The summed E-state index contributed by atoms with van der Waals surface area (Å²) in [4.78, 5) is 14.2. The van der Waals surface area contributed by atoms with Gasteiger partial charge in [-0.3, -0.25) is 4.79 Å². The van der Waals surface area contributed by atoms with Crippen molar-refractivity contribution < 1.29 is 4.79 Å². The zero-order valence-electron chi connectivity index (χ0n) is 10.2. The zero-order valence-corrected chi connectivity index (χ0v) is 13.1. The van der Waals surface area contributed by atoms with E-state index in [9.17, 15) is 4.79 Å². The molecule has 1 aromatic rings. The van der Waals surface area contributed by atoms with Crippen LogP contribution in [0, 0.1) is 10.5 Å². The summed E-state index contributed by atoms with van der Waals surface area (Å²) >= 11 is 7.90. The molecule has 0 unspecified atom stereocenters. The first-order valence-electron chi connectivity index (χ1n) is 5.72. The van der Waals surface area contributed by atoms with E-state index in [4.69, 9.17) is 11.6 Å². The van der Waals surface area contributed by atoms with Crippen LogP contribution in [0.25, 0.3) is 0 Å². The lowest BCUT2D eigenvalue weighted by molar-refractivity contribution is 0.0763. The average molecular weight is 366 g/mol. The Hall–Kier alpha value is -0.290. The smallest absolute Gasteiger partial charge is 0.254 e. The second-order valence-electron chi connectivity index (χ2n) is 3.86. The molecular formula is C13H17ClINO. The van der Waals surface area contributed by atoms with Crippen LogP contribution < -0.4 is 0 Å². The van der Waals surface area contributed by atoms with E-state index in [1.54, 1.807) is 0 Å². The van der Waals surface area contributed by atoms with Crippen molar-refractivity contribution in [3.8, 4) is 0 Å². The fourth-order valence-corrected chi connectivity index (χ4v) is 2.35. The molecule has 0 spiro atoms. The van der Waals surface area contributed by atoms with Gasteiger partial charge >= 0.3 is 0 Å². The summed E-state index contributed by atoms with van der Waals surface area (Å²) in [5.41, 5.74) is 1.94. The van der Waals surface area contributed by atoms with Crippen molar-refractivity contribution in [2.24, 2.45) is 0 Å². The predicted octanol–water partition coefficient (Wildman–Crippen LogP) is 3.69. The van der Waals surface area contributed by atoms with Crippen LogP contribution in [-0.2, 0) is 0 Å². The number of hydrogen-bond acceptors (Lipinski definition) is 1. The van der Waals surface area contributed by atoms with Crippen molar-refractivity contribution >= 4 is 40.1 Å². The summed E-state index contributed by atoms with van der Waals surface area (Å²) in [5.74, 6) is 0.694. The maximum absolute atomic E-state index is 12.3. The molecule has 0 radical (unpaired) electrons. The SMILES string of the molecule is CCN(CCCCl)C(=O)c1cccc(C)c1I. The van der Waals surface area contributed by atoms with Crippen molar-refractivity contribution in [2.45, 2.75) is 20.3 Å². The number of aryl methyl sites for hydroxylation is 1. The monoisotopic (exact) mass is 365 g/mol. The molecule has 0 aliphatic carbocycles. The minimum absolute atomic E-state index is 0.103. The Bertz CT molecular complexity index is 395. The van der Waals surface area contributed by atoms with Gasteiger partial charge < -0.3 is 4.90 Å². The number of alkyl halides is 1. The number of amides is 1. The first kappa shape index (κ1) is 14.8. The molecule has 0 fully saturated rings. The highest BCUT2D eigenvalue weighted by Crippen LogP contribution is 2.18. The third kappa shape index (κ3) is 3.85. The molecule has 4 heteroatoms. The molecule has 0 saturated heterocycles. The molecule has 17 heavy (non-hydrogen) atoms. The van der Waals surface area contributed by atoms with Gasteiger partial charge in [0.1, 0.15) is 0 Å². The molecular weight excluding hydrogens is 349 g/mol. The Morgan fingerprint density at radius 3 is 2.76 bits per heavy atom. The number of carbonyl (C=O) groups excluding carboxylic acids is 1. The van der Waals surface area contributed by atoms with Crippen molar-refractivity contribution in [3.05, 3.63) is 32.9 Å². The van der Waals surface area contributed by atoms with Gasteiger partial charge in [0.15, 0.2) is 0 Å². The lowest BCUT2D eigenvalue weighted by Crippen LogP contribution is -2.32. The summed E-state index contributed by atoms with van der Waals surface area (Å²) in [5, 5.41) is 0. The van der Waals surface area contributed by atoms with Crippen LogP contribution in [-0.4, -0.2) is 29.8 Å². The van der Waals surface area contributed by atoms with E-state index in [2.05, 4.69) is 22.6 Å². The molecule has 0 atom stereocenters. The molecule has 0 bridgehead atoms. The summed E-state index contributed by atoms with van der Waals surface area (Å²) < 4.78 is 1.04. The van der Waals surface area contributed by atoms with Crippen molar-refractivity contribution in [2.75, 3.05) is 19.0 Å². The minimum Gasteiger partial charge on any atom is -0.339 e. The van der Waals surface area contributed by atoms with E-state index in [0.717, 1.165) is 34.2 Å². The number of carbonyl (C=O) groups is 1. The normalized spacial score (nSPS) is 10.4. The fraction of sp³-hybridized carbons (Fsp3) is 0.462. The van der Waals surface area contributed by atoms with E-state index < -0.39 is 0 Å². The Kier molecular flexibility index (Phi) is 6.27. The average Bonchev–Trinajstić information content (AvgIpc) is 2.33. The summed E-state index contributed by atoms with van der Waals surface area (Å²) in [6.45, 7) is 5.46. The van der Waals surface area contributed by atoms with Crippen LogP contribution in [0.3, 0.4) is 0 Å². The van der Waals surface area contributed by atoms with Gasteiger partial charge in [-0.15, -0.1) is 11.6 Å². The zero-order chi connectivity index (χ0) is 12.8. The summed E-state index contributed by atoms with van der Waals surface area (Å²) in [7, 11) is 0. The summed E-state index contributed by atoms with van der Waals surface area (Å²) in [6, 6.07) is 5.84. The molecule has 0 aromatic heterocycles. The molecule has 0 N–H and O–H groups in total. The van der Waals surface area contributed by atoms with E-state index in [1.807, 2.05) is 36.9 Å². The van der Waals surface area contributed by atoms with Gasteiger partial charge in [0.05, 0.1) is 5.56 Å². The molecule has 0 heterocycles. The minimum atomic E-state index is 0.103. The van der Waals surface area contributed by atoms with Crippen molar-refractivity contribution in [1.29, 1.82) is 0 Å². The Labute approximate surface area is 121 Å². The third-order valence-electron chi connectivity index (χ3n) is 2.65. The number of hydrogen-bond donors (Lipinski definition) is 0. The van der Waals surface area contributed by atoms with E-state index in [-0.39, 0.29) is 5.91 Å². The third-order valence-corrected chi connectivity index (χ3v) is 4.35. The quantitative estimate of drug-likeness (QED) is 0.576. The van der Waals surface area contributed by atoms with Crippen LogP contribution in [0.2, 0.25) is 0 Å². The van der Waals surface area contributed by atoms with Gasteiger partial charge in [0, 0.05) is 22.5 Å². The van der Waals surface area contributed by atoms with Crippen LogP contribution in [0.1, 0.15) is 29.3 Å². The number of benzene rings is 1. The van der Waals surface area contributed by atoms with Crippen LogP contribution in [0.15, 0.2) is 18.2 Å². The molecule has 0 aliphatic rings. The Balaban J connectivity index is 2.90. The van der Waals surface area contributed by atoms with Crippen molar-refractivity contribution in [1.82, 2.24) is 4.90 Å². The molecule has 1 rings (SSSR count). The van der Waals surface area contributed by atoms with Gasteiger partial charge in [-0.1, -0.05) is 12.1 Å². The van der Waals surface area contributed by atoms with Gasteiger partial charge in [-0.2, -0.15) is 0 Å². The lowest BCUT2D eigenvalue weighted by Gasteiger charge is -2.21. The van der Waals surface area contributed by atoms with Gasteiger partial charge in [-0.05, 0) is 54.5 Å². The number of nitrogens with zero attached hydrogens (tertiary/aromatic N) is 1. The maximum Gasteiger partial charge on any atom is 0.254 e. The molecule has 1 aromatic carbocycles. The van der Waals surface area contributed by atoms with Crippen LogP contribution in [0.5, 0.6) is 0 Å². The largest absolute Gasteiger partial charge is 0.339 e. The highest BCUT2D eigenvalue weighted by molar-refractivity contribution is 14.1. The molecule has 1 amide bonds. The van der Waals surface area contributed by atoms with E-state index >= 15 is 0 Å². The van der Waals surface area contributed by atoms with Crippen LogP contribution in [0.4, 0.5) is 0 Å². The second kappa shape index (κ2) is 7.21. The Morgan fingerprint density at radius 2 is 2.18 bits per heavy atom. The summed E-state index contributed by atoms with van der Waals surface area (Å²) in [6.07, 6.45) is 0.837. The van der Waals surface area contributed by atoms with E-state index in [1.165, 1.54) is 0 Å². The molecule has 94 valence electrons. The second-order valence-corrected chi connectivity index (χ2v) is 5.32. The standard InChI is InChI=1S/C13H17ClINO/c1-3-16(9-5-8-14)13(17)11-7-4-6-10(2)12(11)15/h4,6-7H,3,5,8-9H2,1-2H3. The molecule has 2 nitrogen and oxygen atoms in total. The van der Waals surface area contributed by atoms with Gasteiger partial charge in [0.25, 0.3) is 5.91 Å². The molecule has 0 aliphatic heterocycles. The lowest BCUT2D eigenvalue weighted by atomic mass is 10.1. The Morgan fingerprint density at radius 1 is 1.47 bits per heavy atom. The predicted molar refractivity (Wildman–Crippen MR) is 80.8 cm³/mol. The first-order valence-corrected chi connectivity index (χ1v) is 7.33.